The number of amides is 6. The monoisotopic (exact) mass is 1090 g/mol. The average molecular weight is 1090 g/mol. The van der Waals surface area contributed by atoms with Crippen LogP contribution in [0.25, 0.3) is 10.9 Å². The summed E-state index contributed by atoms with van der Waals surface area (Å²) in [5.41, 5.74) is 4.86. The lowest BCUT2D eigenvalue weighted by molar-refractivity contribution is -0.136. The van der Waals surface area contributed by atoms with E-state index in [-0.39, 0.29) is 74.5 Å². The highest BCUT2D eigenvalue weighted by molar-refractivity contribution is 6.23. The molecule has 0 bridgehead atoms. The molecule has 0 spiro atoms. The van der Waals surface area contributed by atoms with Crippen molar-refractivity contribution >= 4 is 69.2 Å². The summed E-state index contributed by atoms with van der Waals surface area (Å²) in [6.45, 7) is 8.07. The Morgan fingerprint density at radius 1 is 0.772 bits per heavy atom. The van der Waals surface area contributed by atoms with Crippen molar-refractivity contribution in [3.05, 3.63) is 112 Å². The van der Waals surface area contributed by atoms with E-state index in [1.165, 1.54) is 24.3 Å². The minimum atomic E-state index is -1.05. The molecule has 0 radical (unpaired) electrons. The SMILES string of the molecule is CCOC(COCCOCCOCCOCCC(=O)N1CCN(c2ccc(C(=O)Nc3n[nH]c4ccc(Cc5cc(F)cc(F)c5)cc34)c(NC3CCOCC3)c2)CC1)Nc1ccc2c(c1)C(=O)N(C1CCC(=O)NC1=O)C2=O. The number of benzene rings is 4. The summed E-state index contributed by atoms with van der Waals surface area (Å²) in [5, 5.41) is 19.9. The molecule has 420 valence electrons. The molecule has 3 fully saturated rings. The first kappa shape index (κ1) is 56.3. The Morgan fingerprint density at radius 2 is 1.48 bits per heavy atom. The minimum Gasteiger partial charge on any atom is -0.381 e. The average Bonchev–Trinajstić information content (AvgIpc) is 3.98. The number of piperidine rings is 1. The van der Waals surface area contributed by atoms with Crippen molar-refractivity contribution in [1.29, 1.82) is 0 Å². The highest BCUT2D eigenvalue weighted by atomic mass is 19.1. The molecule has 4 aliphatic rings. The number of carbonyl (C=O) groups excluding carboxylic acids is 6. The number of hydrogen-bond acceptors (Lipinski definition) is 16. The molecule has 1 aromatic heterocycles. The second-order valence-electron chi connectivity index (χ2n) is 19.4. The van der Waals surface area contributed by atoms with Gasteiger partial charge in [-0.25, -0.2) is 8.78 Å². The van der Waals surface area contributed by atoms with Gasteiger partial charge in [-0.2, -0.15) is 5.10 Å². The first-order valence-corrected chi connectivity index (χ1v) is 26.7. The molecule has 5 aromatic rings. The molecule has 79 heavy (non-hydrogen) atoms. The third-order valence-corrected chi connectivity index (χ3v) is 14.0. The van der Waals surface area contributed by atoms with Crippen molar-refractivity contribution in [1.82, 2.24) is 25.3 Å². The van der Waals surface area contributed by atoms with Gasteiger partial charge in [-0.1, -0.05) is 6.07 Å². The Kier molecular flexibility index (Phi) is 19.2. The van der Waals surface area contributed by atoms with Crippen LogP contribution in [0.4, 0.5) is 31.7 Å². The fraction of sp³-hybridized carbons (Fsp3) is 0.446. The summed E-state index contributed by atoms with van der Waals surface area (Å²) < 4.78 is 61.9. The van der Waals surface area contributed by atoms with Gasteiger partial charge < -0.3 is 54.2 Å². The van der Waals surface area contributed by atoms with Gasteiger partial charge in [0, 0.05) is 87.0 Å². The predicted molar refractivity (Wildman–Crippen MR) is 286 cm³/mol. The highest BCUT2D eigenvalue weighted by Crippen LogP contribution is 2.32. The van der Waals surface area contributed by atoms with E-state index in [1.54, 1.807) is 12.1 Å². The smallest absolute Gasteiger partial charge is 0.262 e. The number of imide groups is 2. The Morgan fingerprint density at radius 3 is 2.20 bits per heavy atom. The van der Waals surface area contributed by atoms with Gasteiger partial charge in [-0.15, -0.1) is 0 Å². The standard InChI is InChI=1S/C56H65F2N9O12/c1-2-79-50(60-40-4-6-42-44(32-40)56(73)67(55(42)72)48-9-10-49(68)61-54(48)71)34-78-26-25-77-24-23-76-22-21-75-20-13-51(69)66-16-14-65(15-17-66)41-5-7-43(47(33-41)59-39-11-18-74-19-12-39)53(70)62-52-45-30-35(3-8-46(45)63-64-52)27-36-28-37(57)31-38(58)29-36/h3-8,28-33,39,48,50,59-60H,2,9-27,34H2,1H3,(H,61,68,71)(H2,62,63,64,70). The molecule has 5 N–H and O–H groups in total. The molecule has 2 atom stereocenters. The topological polar surface area (TPSA) is 244 Å². The van der Waals surface area contributed by atoms with Gasteiger partial charge in [0.1, 0.15) is 17.7 Å². The second kappa shape index (κ2) is 27.0. The van der Waals surface area contributed by atoms with Crippen molar-refractivity contribution < 1.29 is 66.0 Å². The quantitative estimate of drug-likeness (QED) is 0.0270. The summed E-state index contributed by atoms with van der Waals surface area (Å²) in [6, 6.07) is 18.4. The summed E-state index contributed by atoms with van der Waals surface area (Å²) in [5.74, 6) is -3.60. The van der Waals surface area contributed by atoms with Gasteiger partial charge in [0.15, 0.2) is 12.0 Å². The summed E-state index contributed by atoms with van der Waals surface area (Å²) in [7, 11) is 0. The van der Waals surface area contributed by atoms with Crippen LogP contribution in [0.15, 0.2) is 72.8 Å². The number of hydrogen-bond donors (Lipinski definition) is 5. The zero-order valence-electron chi connectivity index (χ0n) is 44.0. The number of aromatic nitrogens is 2. The molecule has 4 aliphatic heterocycles. The zero-order valence-corrected chi connectivity index (χ0v) is 44.0. The number of nitrogens with one attached hydrogen (secondary N) is 5. The molecule has 6 amide bonds. The van der Waals surface area contributed by atoms with Gasteiger partial charge in [-0.3, -0.25) is 44.1 Å². The van der Waals surface area contributed by atoms with Crippen LogP contribution in [0.5, 0.6) is 0 Å². The normalized spacial score (nSPS) is 17.3. The number of rotatable bonds is 26. The Balaban J connectivity index is 0.649. The third kappa shape index (κ3) is 14.6. The summed E-state index contributed by atoms with van der Waals surface area (Å²) in [4.78, 5) is 82.4. The first-order chi connectivity index (χ1) is 38.4. The molecule has 23 heteroatoms. The molecule has 0 saturated carbocycles. The molecule has 2 unspecified atom stereocenters. The van der Waals surface area contributed by atoms with Crippen molar-refractivity contribution in [3.8, 4) is 0 Å². The predicted octanol–water partition coefficient (Wildman–Crippen LogP) is 5.26. The number of carbonyl (C=O) groups is 6. The molecular formula is C56H65F2N9O12. The number of H-pyrrole nitrogens is 1. The number of nitrogens with zero attached hydrogens (tertiary/aromatic N) is 4. The fourth-order valence-corrected chi connectivity index (χ4v) is 9.96. The second-order valence-corrected chi connectivity index (χ2v) is 19.4. The van der Waals surface area contributed by atoms with E-state index in [0.29, 0.717) is 118 Å². The van der Waals surface area contributed by atoms with Crippen LogP contribution in [-0.2, 0) is 49.2 Å². The van der Waals surface area contributed by atoms with E-state index < -0.39 is 47.5 Å². The Labute approximate surface area is 454 Å². The first-order valence-electron chi connectivity index (χ1n) is 26.7. The van der Waals surface area contributed by atoms with Crippen LogP contribution in [0.2, 0.25) is 0 Å². The van der Waals surface area contributed by atoms with E-state index >= 15 is 0 Å². The maximum Gasteiger partial charge on any atom is 0.262 e. The Bertz CT molecular complexity index is 2980. The van der Waals surface area contributed by atoms with E-state index in [4.69, 9.17) is 28.4 Å². The minimum absolute atomic E-state index is 0.00630. The molecule has 0 aliphatic carbocycles. The number of halogens is 2. The van der Waals surface area contributed by atoms with Gasteiger partial charge in [0.2, 0.25) is 17.7 Å². The van der Waals surface area contributed by atoms with Crippen LogP contribution in [0.3, 0.4) is 0 Å². The molecule has 9 rings (SSSR count). The maximum atomic E-state index is 14.0. The van der Waals surface area contributed by atoms with Gasteiger partial charge >= 0.3 is 0 Å². The lowest BCUT2D eigenvalue weighted by Crippen LogP contribution is -2.54. The van der Waals surface area contributed by atoms with E-state index in [0.717, 1.165) is 35.1 Å². The lowest BCUT2D eigenvalue weighted by atomic mass is 10.0. The molecule has 21 nitrogen and oxygen atoms in total. The number of aromatic amines is 1. The van der Waals surface area contributed by atoms with Crippen LogP contribution >= 0.6 is 0 Å². The summed E-state index contributed by atoms with van der Waals surface area (Å²) in [6.07, 6.45) is 1.64. The molecule has 3 saturated heterocycles. The van der Waals surface area contributed by atoms with Crippen molar-refractivity contribution in [2.24, 2.45) is 0 Å². The molecular weight excluding hydrogens is 1030 g/mol. The van der Waals surface area contributed by atoms with Crippen LogP contribution in [0.1, 0.15) is 81.2 Å². The van der Waals surface area contributed by atoms with Crippen LogP contribution in [0, 0.1) is 11.6 Å². The van der Waals surface area contributed by atoms with E-state index in [2.05, 4.69) is 36.4 Å². The largest absolute Gasteiger partial charge is 0.381 e. The zero-order chi connectivity index (χ0) is 55.3. The third-order valence-electron chi connectivity index (χ3n) is 14.0. The fourth-order valence-electron chi connectivity index (χ4n) is 9.96. The van der Waals surface area contributed by atoms with Gasteiger partial charge in [0.05, 0.1) is 81.5 Å². The summed E-state index contributed by atoms with van der Waals surface area (Å²) >= 11 is 0. The van der Waals surface area contributed by atoms with Gasteiger partial charge in [0.25, 0.3) is 17.7 Å². The van der Waals surface area contributed by atoms with Crippen LogP contribution in [-0.4, -0.2) is 173 Å². The van der Waals surface area contributed by atoms with Crippen molar-refractivity contribution in [2.45, 2.75) is 63.8 Å². The highest BCUT2D eigenvalue weighted by Gasteiger charge is 2.44. The molecule has 5 heterocycles. The van der Waals surface area contributed by atoms with E-state index in [9.17, 15) is 37.5 Å². The maximum absolute atomic E-state index is 14.0. The number of ether oxygens (including phenoxy) is 6. The molecule has 4 aromatic carbocycles. The number of fused-ring (bicyclic) bond motifs is 2. The Hall–Kier alpha value is -7.41. The van der Waals surface area contributed by atoms with E-state index in [1.807, 2.05) is 42.2 Å². The number of anilines is 4. The van der Waals surface area contributed by atoms with Gasteiger partial charge in [-0.05, 0) is 104 Å². The lowest BCUT2D eigenvalue weighted by Gasteiger charge is -2.36. The van der Waals surface area contributed by atoms with Crippen LogP contribution < -0.4 is 26.2 Å². The number of piperazine rings is 1. The van der Waals surface area contributed by atoms with Crippen molar-refractivity contribution in [2.75, 3.05) is 120 Å². The van der Waals surface area contributed by atoms with Crippen molar-refractivity contribution in [3.63, 3.8) is 0 Å².